The van der Waals surface area contributed by atoms with Gasteiger partial charge in [0.25, 0.3) is 0 Å². The van der Waals surface area contributed by atoms with Gasteiger partial charge in [-0.25, -0.2) is 0 Å². The lowest BCUT2D eigenvalue weighted by atomic mass is 10.0. The van der Waals surface area contributed by atoms with Crippen LogP contribution in [-0.2, 0) is 4.79 Å². The van der Waals surface area contributed by atoms with E-state index in [1.165, 1.54) is 11.3 Å². The van der Waals surface area contributed by atoms with E-state index in [4.69, 9.17) is 5.73 Å². The van der Waals surface area contributed by atoms with Crippen LogP contribution in [0.1, 0.15) is 23.8 Å². The smallest absolute Gasteiger partial charge is 0.245 e. The van der Waals surface area contributed by atoms with E-state index in [9.17, 15) is 9.90 Å². The first-order chi connectivity index (χ1) is 9.63. The zero-order chi connectivity index (χ0) is 14.5. The summed E-state index contributed by atoms with van der Waals surface area (Å²) in [7, 11) is 2.09. The van der Waals surface area contributed by atoms with Gasteiger partial charge in [0.15, 0.2) is 0 Å². The molecule has 1 atom stereocenters. The number of carbonyl (C=O) groups is 1. The molecule has 0 radical (unpaired) electrons. The molecule has 0 bridgehead atoms. The summed E-state index contributed by atoms with van der Waals surface area (Å²) in [6.45, 7) is 2.31. The molecular weight excluding hydrogens is 274 g/mol. The van der Waals surface area contributed by atoms with Gasteiger partial charge in [0, 0.05) is 17.5 Å². The Bertz CT molecular complexity index is 416. The molecule has 1 aliphatic heterocycles. The number of rotatable bonds is 5. The van der Waals surface area contributed by atoms with Crippen LogP contribution in [0.5, 0.6) is 0 Å². The van der Waals surface area contributed by atoms with E-state index in [1.54, 1.807) is 4.90 Å². The summed E-state index contributed by atoms with van der Waals surface area (Å²) in [5.41, 5.74) is 6.08. The van der Waals surface area contributed by atoms with Crippen molar-refractivity contribution >= 4 is 17.2 Å². The van der Waals surface area contributed by atoms with E-state index in [1.807, 2.05) is 17.5 Å². The Hall–Kier alpha value is -0.950. The van der Waals surface area contributed by atoms with Crippen LogP contribution in [0, 0.1) is 0 Å². The molecular formula is C14H23N3O2S. The van der Waals surface area contributed by atoms with Gasteiger partial charge in [-0.15, -0.1) is 11.3 Å². The molecule has 0 spiro atoms. The number of carbonyl (C=O) groups excluding carboxylic acids is 1. The second-order valence-corrected chi connectivity index (χ2v) is 6.26. The zero-order valence-corrected chi connectivity index (χ0v) is 12.7. The number of amides is 1. The quantitative estimate of drug-likeness (QED) is 0.838. The summed E-state index contributed by atoms with van der Waals surface area (Å²) in [4.78, 5) is 17.5. The Morgan fingerprint density at radius 3 is 2.85 bits per heavy atom. The van der Waals surface area contributed by atoms with Crippen LogP contribution >= 0.6 is 11.3 Å². The van der Waals surface area contributed by atoms with Crippen molar-refractivity contribution in [1.82, 2.24) is 9.80 Å². The Kier molecular flexibility index (Phi) is 5.54. The van der Waals surface area contributed by atoms with Crippen LogP contribution in [0.15, 0.2) is 17.5 Å². The third-order valence-electron chi connectivity index (χ3n) is 3.87. The lowest BCUT2D eigenvalue weighted by molar-refractivity contribution is -0.136. The molecule has 1 fully saturated rings. The summed E-state index contributed by atoms with van der Waals surface area (Å²) < 4.78 is 0. The number of aliphatic hydroxyl groups is 1. The molecule has 20 heavy (non-hydrogen) atoms. The van der Waals surface area contributed by atoms with E-state index in [-0.39, 0.29) is 18.6 Å². The number of hydrogen-bond donors (Lipinski definition) is 2. The predicted molar refractivity (Wildman–Crippen MR) is 80.6 cm³/mol. The van der Waals surface area contributed by atoms with E-state index in [0.717, 1.165) is 30.8 Å². The SMILES string of the molecule is CN1CCC(N(CCO)C(=O)C(N)c2cccs2)CC1. The Labute approximate surface area is 124 Å². The van der Waals surface area contributed by atoms with Gasteiger partial charge in [-0.2, -0.15) is 0 Å². The summed E-state index contributed by atoms with van der Waals surface area (Å²) in [5, 5.41) is 11.2. The minimum absolute atomic E-state index is 0.0186. The molecule has 1 aliphatic rings. The highest BCUT2D eigenvalue weighted by molar-refractivity contribution is 7.10. The topological polar surface area (TPSA) is 69.8 Å². The van der Waals surface area contributed by atoms with E-state index in [2.05, 4.69) is 11.9 Å². The van der Waals surface area contributed by atoms with Gasteiger partial charge in [0.2, 0.25) is 5.91 Å². The molecule has 0 aromatic carbocycles. The van der Waals surface area contributed by atoms with Crippen LogP contribution in [0.3, 0.4) is 0 Å². The van der Waals surface area contributed by atoms with Crippen molar-refractivity contribution in [3.8, 4) is 0 Å². The Balaban J connectivity index is 2.05. The third-order valence-corrected chi connectivity index (χ3v) is 4.82. The van der Waals surface area contributed by atoms with E-state index in [0.29, 0.717) is 6.54 Å². The first kappa shape index (κ1) is 15.4. The number of nitrogens with two attached hydrogens (primary N) is 1. The number of likely N-dealkylation sites (tertiary alicyclic amines) is 1. The standard InChI is InChI=1S/C14H23N3O2S/c1-16-6-4-11(5-7-16)17(8-9-18)14(19)13(15)12-3-2-10-20-12/h2-3,10-11,13,18H,4-9,15H2,1H3. The predicted octanol–water partition coefficient (Wildman–Crippen LogP) is 0.663. The summed E-state index contributed by atoms with van der Waals surface area (Å²) in [5.74, 6) is -0.0731. The normalized spacial score (nSPS) is 18.9. The van der Waals surface area contributed by atoms with Gasteiger partial charge >= 0.3 is 0 Å². The van der Waals surface area contributed by atoms with Crippen LogP contribution < -0.4 is 5.73 Å². The average molecular weight is 297 g/mol. The molecule has 5 nitrogen and oxygen atoms in total. The van der Waals surface area contributed by atoms with Gasteiger partial charge in [0.05, 0.1) is 6.61 Å². The fourth-order valence-corrected chi connectivity index (χ4v) is 3.37. The highest BCUT2D eigenvalue weighted by Gasteiger charge is 2.30. The van der Waals surface area contributed by atoms with Crippen LogP contribution in [0.4, 0.5) is 0 Å². The molecule has 1 saturated heterocycles. The number of aliphatic hydroxyl groups excluding tert-OH is 1. The monoisotopic (exact) mass is 297 g/mol. The first-order valence-electron chi connectivity index (χ1n) is 7.02. The number of thiophene rings is 1. The van der Waals surface area contributed by atoms with Gasteiger partial charge in [-0.1, -0.05) is 6.07 Å². The number of nitrogens with zero attached hydrogens (tertiary/aromatic N) is 2. The van der Waals surface area contributed by atoms with Crippen molar-refractivity contribution in [2.24, 2.45) is 5.73 Å². The maximum atomic E-state index is 12.6. The highest BCUT2D eigenvalue weighted by Crippen LogP contribution is 2.22. The molecule has 112 valence electrons. The lowest BCUT2D eigenvalue weighted by Crippen LogP contribution is -2.50. The Morgan fingerprint density at radius 2 is 2.30 bits per heavy atom. The average Bonchev–Trinajstić information content (AvgIpc) is 2.98. The van der Waals surface area contributed by atoms with Crippen molar-refractivity contribution in [2.45, 2.75) is 24.9 Å². The van der Waals surface area contributed by atoms with Gasteiger partial charge in [-0.05, 0) is 44.4 Å². The first-order valence-corrected chi connectivity index (χ1v) is 7.90. The fourth-order valence-electron chi connectivity index (χ4n) is 2.66. The number of piperidine rings is 1. The van der Waals surface area contributed by atoms with Gasteiger partial charge in [0.1, 0.15) is 6.04 Å². The molecule has 3 N–H and O–H groups in total. The van der Waals surface area contributed by atoms with Crippen molar-refractivity contribution in [3.05, 3.63) is 22.4 Å². The molecule has 0 aliphatic carbocycles. The zero-order valence-electron chi connectivity index (χ0n) is 11.9. The molecule has 2 rings (SSSR count). The summed E-state index contributed by atoms with van der Waals surface area (Å²) >= 11 is 1.50. The van der Waals surface area contributed by atoms with E-state index >= 15 is 0 Å². The second kappa shape index (κ2) is 7.17. The molecule has 1 unspecified atom stereocenters. The largest absolute Gasteiger partial charge is 0.395 e. The van der Waals surface area contributed by atoms with Crippen LogP contribution in [0.2, 0.25) is 0 Å². The van der Waals surface area contributed by atoms with Gasteiger partial charge < -0.3 is 20.6 Å². The minimum Gasteiger partial charge on any atom is -0.395 e. The molecule has 1 aromatic rings. The molecule has 6 heteroatoms. The maximum absolute atomic E-state index is 12.6. The van der Waals surface area contributed by atoms with Crippen molar-refractivity contribution < 1.29 is 9.90 Å². The minimum atomic E-state index is -0.610. The molecule has 1 aromatic heterocycles. The van der Waals surface area contributed by atoms with Gasteiger partial charge in [-0.3, -0.25) is 4.79 Å². The molecule has 1 amide bonds. The summed E-state index contributed by atoms with van der Waals surface area (Å²) in [6.07, 6.45) is 1.89. The van der Waals surface area contributed by atoms with Crippen molar-refractivity contribution in [2.75, 3.05) is 33.3 Å². The van der Waals surface area contributed by atoms with Crippen LogP contribution in [-0.4, -0.2) is 60.1 Å². The fraction of sp³-hybridized carbons (Fsp3) is 0.643. The van der Waals surface area contributed by atoms with E-state index < -0.39 is 6.04 Å². The highest BCUT2D eigenvalue weighted by atomic mass is 32.1. The third kappa shape index (κ3) is 3.58. The Morgan fingerprint density at radius 1 is 1.60 bits per heavy atom. The molecule has 2 heterocycles. The second-order valence-electron chi connectivity index (χ2n) is 5.28. The van der Waals surface area contributed by atoms with Crippen molar-refractivity contribution in [3.63, 3.8) is 0 Å². The molecule has 0 saturated carbocycles. The number of hydrogen-bond acceptors (Lipinski definition) is 5. The van der Waals surface area contributed by atoms with Crippen LogP contribution in [0.25, 0.3) is 0 Å². The maximum Gasteiger partial charge on any atom is 0.245 e. The van der Waals surface area contributed by atoms with Crippen molar-refractivity contribution in [1.29, 1.82) is 0 Å². The summed E-state index contributed by atoms with van der Waals surface area (Å²) in [6, 6.07) is 3.37. The lowest BCUT2D eigenvalue weighted by Gasteiger charge is -2.38.